The third kappa shape index (κ3) is 2.43. The second-order valence-electron chi connectivity index (χ2n) is 4.32. The zero-order valence-corrected chi connectivity index (χ0v) is 10.2. The molecule has 1 atom stereocenters. The Labute approximate surface area is 109 Å². The van der Waals surface area contributed by atoms with Gasteiger partial charge in [-0.15, -0.1) is 0 Å². The van der Waals surface area contributed by atoms with Gasteiger partial charge in [-0.3, -0.25) is 0 Å². The molecule has 6 nitrogen and oxygen atoms in total. The molecule has 0 saturated heterocycles. The SMILES string of the molecule is OC[C@H](Cc1ccoc1)Nc1ncnc2[nH]ccc12. The van der Waals surface area contributed by atoms with Crippen LogP contribution in [0.15, 0.2) is 41.6 Å². The number of hydrogen-bond acceptors (Lipinski definition) is 5. The summed E-state index contributed by atoms with van der Waals surface area (Å²) in [6, 6.07) is 3.67. The van der Waals surface area contributed by atoms with Gasteiger partial charge in [0.15, 0.2) is 0 Å². The van der Waals surface area contributed by atoms with Crippen molar-refractivity contribution in [2.75, 3.05) is 11.9 Å². The molecule has 0 unspecified atom stereocenters. The smallest absolute Gasteiger partial charge is 0.142 e. The van der Waals surface area contributed by atoms with Crippen molar-refractivity contribution in [3.05, 3.63) is 42.7 Å². The molecule has 19 heavy (non-hydrogen) atoms. The predicted molar refractivity (Wildman–Crippen MR) is 70.8 cm³/mol. The van der Waals surface area contributed by atoms with Crippen molar-refractivity contribution in [1.29, 1.82) is 0 Å². The Balaban J connectivity index is 1.80. The van der Waals surface area contributed by atoms with Crippen LogP contribution in [0, 0.1) is 0 Å². The topological polar surface area (TPSA) is 87.0 Å². The molecule has 0 saturated carbocycles. The highest BCUT2D eigenvalue weighted by Gasteiger charge is 2.12. The molecule has 0 aliphatic heterocycles. The fraction of sp³-hybridized carbons (Fsp3) is 0.231. The Morgan fingerprint density at radius 3 is 3.11 bits per heavy atom. The molecule has 6 heteroatoms. The Hall–Kier alpha value is -2.34. The Morgan fingerprint density at radius 1 is 1.37 bits per heavy atom. The van der Waals surface area contributed by atoms with Crippen molar-refractivity contribution in [1.82, 2.24) is 15.0 Å². The molecular weight excluding hydrogens is 244 g/mol. The molecule has 0 aliphatic rings. The van der Waals surface area contributed by atoms with Crippen molar-refractivity contribution < 1.29 is 9.52 Å². The number of aliphatic hydroxyl groups is 1. The molecule has 0 aromatic carbocycles. The summed E-state index contributed by atoms with van der Waals surface area (Å²) >= 11 is 0. The highest BCUT2D eigenvalue weighted by molar-refractivity contribution is 5.86. The van der Waals surface area contributed by atoms with E-state index in [1.807, 2.05) is 18.3 Å². The zero-order valence-electron chi connectivity index (χ0n) is 10.2. The highest BCUT2D eigenvalue weighted by Crippen LogP contribution is 2.19. The number of aromatic nitrogens is 3. The van der Waals surface area contributed by atoms with Gasteiger partial charge in [-0.1, -0.05) is 0 Å². The number of nitrogens with one attached hydrogen (secondary N) is 2. The maximum Gasteiger partial charge on any atom is 0.142 e. The van der Waals surface area contributed by atoms with Gasteiger partial charge >= 0.3 is 0 Å². The van der Waals surface area contributed by atoms with Crippen LogP contribution in [0.4, 0.5) is 5.82 Å². The lowest BCUT2D eigenvalue weighted by atomic mass is 10.1. The van der Waals surface area contributed by atoms with Crippen molar-refractivity contribution in [2.24, 2.45) is 0 Å². The monoisotopic (exact) mass is 258 g/mol. The lowest BCUT2D eigenvalue weighted by Gasteiger charge is -2.16. The fourth-order valence-electron chi connectivity index (χ4n) is 2.04. The van der Waals surface area contributed by atoms with Crippen LogP contribution in [0.25, 0.3) is 11.0 Å². The van der Waals surface area contributed by atoms with Gasteiger partial charge in [-0.2, -0.15) is 0 Å². The van der Waals surface area contributed by atoms with Crippen LogP contribution in [0.1, 0.15) is 5.56 Å². The van der Waals surface area contributed by atoms with Crippen LogP contribution in [-0.2, 0) is 6.42 Å². The number of hydrogen-bond donors (Lipinski definition) is 3. The predicted octanol–water partition coefficient (Wildman–Crippen LogP) is 1.57. The number of rotatable bonds is 5. The number of nitrogens with zero attached hydrogens (tertiary/aromatic N) is 2. The van der Waals surface area contributed by atoms with Gasteiger partial charge in [0.05, 0.1) is 30.6 Å². The van der Waals surface area contributed by atoms with E-state index in [9.17, 15) is 5.11 Å². The molecule has 98 valence electrons. The van der Waals surface area contributed by atoms with E-state index in [4.69, 9.17) is 4.42 Å². The summed E-state index contributed by atoms with van der Waals surface area (Å²) in [5.74, 6) is 0.716. The fourth-order valence-corrected chi connectivity index (χ4v) is 2.04. The van der Waals surface area contributed by atoms with Crippen LogP contribution in [-0.4, -0.2) is 32.7 Å². The number of fused-ring (bicyclic) bond motifs is 1. The van der Waals surface area contributed by atoms with Gasteiger partial charge in [0.25, 0.3) is 0 Å². The van der Waals surface area contributed by atoms with Crippen LogP contribution in [0.5, 0.6) is 0 Å². The Bertz CT molecular complexity index is 648. The van der Waals surface area contributed by atoms with Gasteiger partial charge in [-0.25, -0.2) is 9.97 Å². The van der Waals surface area contributed by atoms with Gasteiger partial charge in [0.1, 0.15) is 17.8 Å². The van der Waals surface area contributed by atoms with Gasteiger partial charge in [0, 0.05) is 6.20 Å². The van der Waals surface area contributed by atoms with Crippen molar-refractivity contribution >= 4 is 16.9 Å². The van der Waals surface area contributed by atoms with E-state index < -0.39 is 0 Å². The van der Waals surface area contributed by atoms with E-state index in [1.165, 1.54) is 6.33 Å². The van der Waals surface area contributed by atoms with E-state index in [2.05, 4.69) is 20.3 Å². The number of aromatic amines is 1. The largest absolute Gasteiger partial charge is 0.472 e. The summed E-state index contributed by atoms with van der Waals surface area (Å²) in [7, 11) is 0. The van der Waals surface area contributed by atoms with E-state index in [0.29, 0.717) is 12.2 Å². The summed E-state index contributed by atoms with van der Waals surface area (Å²) in [6.07, 6.45) is 7.28. The van der Waals surface area contributed by atoms with Crippen molar-refractivity contribution in [2.45, 2.75) is 12.5 Å². The number of furan rings is 1. The molecule has 0 spiro atoms. The van der Waals surface area contributed by atoms with Gasteiger partial charge < -0.3 is 19.8 Å². The molecule has 3 N–H and O–H groups in total. The molecule has 3 rings (SSSR count). The second-order valence-corrected chi connectivity index (χ2v) is 4.32. The highest BCUT2D eigenvalue weighted by atomic mass is 16.3. The maximum atomic E-state index is 9.46. The first kappa shape index (κ1) is 11.7. The number of H-pyrrole nitrogens is 1. The third-order valence-corrected chi connectivity index (χ3v) is 2.98. The van der Waals surface area contributed by atoms with E-state index in [-0.39, 0.29) is 12.6 Å². The molecule has 0 bridgehead atoms. The summed E-state index contributed by atoms with van der Waals surface area (Å²) in [5.41, 5.74) is 1.81. The first-order valence-corrected chi connectivity index (χ1v) is 6.03. The van der Waals surface area contributed by atoms with Crippen molar-refractivity contribution in [3.63, 3.8) is 0 Å². The minimum atomic E-state index is -0.120. The van der Waals surface area contributed by atoms with E-state index in [1.54, 1.807) is 12.5 Å². The number of anilines is 1. The first-order valence-electron chi connectivity index (χ1n) is 6.03. The molecule has 0 radical (unpaired) electrons. The second kappa shape index (κ2) is 5.11. The number of aliphatic hydroxyl groups excluding tert-OH is 1. The average molecular weight is 258 g/mol. The molecule has 3 heterocycles. The Kier molecular flexibility index (Phi) is 3.16. The first-order chi connectivity index (χ1) is 9.36. The van der Waals surface area contributed by atoms with Gasteiger partial charge in [0.2, 0.25) is 0 Å². The lowest BCUT2D eigenvalue weighted by molar-refractivity contribution is 0.273. The molecule has 0 amide bonds. The maximum absolute atomic E-state index is 9.46. The summed E-state index contributed by atoms with van der Waals surface area (Å²) in [6.45, 7) is 0.0150. The Morgan fingerprint density at radius 2 is 2.32 bits per heavy atom. The minimum absolute atomic E-state index is 0.0150. The minimum Gasteiger partial charge on any atom is -0.472 e. The standard InChI is InChI=1S/C13H14N4O2/c18-6-10(5-9-2-4-19-7-9)17-13-11-1-3-14-12(11)15-8-16-13/h1-4,7-8,10,18H,5-6H2,(H2,14,15,16,17)/t10-/m0/s1. The summed E-state index contributed by atoms with van der Waals surface area (Å²) in [4.78, 5) is 11.4. The lowest BCUT2D eigenvalue weighted by Crippen LogP contribution is -2.26. The van der Waals surface area contributed by atoms with Crippen LogP contribution in [0.3, 0.4) is 0 Å². The molecule has 3 aromatic heterocycles. The van der Waals surface area contributed by atoms with Gasteiger partial charge in [-0.05, 0) is 24.1 Å². The van der Waals surface area contributed by atoms with Crippen LogP contribution < -0.4 is 5.32 Å². The summed E-state index contributed by atoms with van der Waals surface area (Å²) in [5, 5.41) is 13.6. The molecular formula is C13H14N4O2. The third-order valence-electron chi connectivity index (χ3n) is 2.98. The summed E-state index contributed by atoms with van der Waals surface area (Å²) < 4.78 is 5.03. The quantitative estimate of drug-likeness (QED) is 0.646. The zero-order chi connectivity index (χ0) is 13.1. The van der Waals surface area contributed by atoms with E-state index in [0.717, 1.165) is 16.6 Å². The molecule has 0 aliphatic carbocycles. The van der Waals surface area contributed by atoms with Crippen LogP contribution in [0.2, 0.25) is 0 Å². The van der Waals surface area contributed by atoms with Crippen molar-refractivity contribution in [3.8, 4) is 0 Å². The average Bonchev–Trinajstić information content (AvgIpc) is 3.08. The normalized spacial score (nSPS) is 12.7. The van der Waals surface area contributed by atoms with E-state index >= 15 is 0 Å². The molecule has 0 fully saturated rings. The molecule has 3 aromatic rings. The van der Waals surface area contributed by atoms with Crippen LogP contribution >= 0.6 is 0 Å².